The zero-order valence-electron chi connectivity index (χ0n) is 17.6. The van der Waals surface area contributed by atoms with Gasteiger partial charge in [0, 0.05) is 32.1 Å². The van der Waals surface area contributed by atoms with Crippen LogP contribution >= 0.6 is 0 Å². The standard InChI is InChI=1S/C22H36N4O2/c1-4-23-22(25-13-12-19-16-17(2)10-11-20(19)28-3)26-15-14-24-21(27)18-8-6-5-7-9-18/h10-11,16,18H,4-9,12-15H2,1-3H3,(H,24,27)(H2,23,25,26). The Labute approximate surface area is 169 Å². The molecule has 0 heterocycles. The van der Waals surface area contributed by atoms with Crippen molar-refractivity contribution in [2.24, 2.45) is 10.9 Å². The van der Waals surface area contributed by atoms with Crippen LogP contribution in [0.1, 0.15) is 50.2 Å². The van der Waals surface area contributed by atoms with Crippen molar-refractivity contribution < 1.29 is 9.53 Å². The molecular weight excluding hydrogens is 352 g/mol. The number of methoxy groups -OCH3 is 1. The summed E-state index contributed by atoms with van der Waals surface area (Å²) in [7, 11) is 1.70. The SMILES string of the molecule is CCNC(=NCCc1cc(C)ccc1OC)NCCNC(=O)C1CCCCC1. The molecule has 0 unspecified atom stereocenters. The summed E-state index contributed by atoms with van der Waals surface area (Å²) in [5, 5.41) is 9.61. The number of ether oxygens (including phenoxy) is 1. The fraction of sp³-hybridized carbons (Fsp3) is 0.636. The third kappa shape index (κ3) is 7.41. The summed E-state index contributed by atoms with van der Waals surface area (Å²) in [6, 6.07) is 6.21. The van der Waals surface area contributed by atoms with Gasteiger partial charge in [-0.15, -0.1) is 0 Å². The molecule has 1 saturated carbocycles. The van der Waals surface area contributed by atoms with Crippen LogP contribution in [-0.4, -0.2) is 45.2 Å². The van der Waals surface area contributed by atoms with Crippen molar-refractivity contribution in [3.8, 4) is 5.75 Å². The minimum Gasteiger partial charge on any atom is -0.496 e. The van der Waals surface area contributed by atoms with Gasteiger partial charge in [-0.25, -0.2) is 0 Å². The van der Waals surface area contributed by atoms with E-state index in [-0.39, 0.29) is 11.8 Å². The Hall–Kier alpha value is -2.24. The number of guanidine groups is 1. The summed E-state index contributed by atoms with van der Waals surface area (Å²) in [6.07, 6.45) is 6.51. The normalized spacial score (nSPS) is 15.2. The second kappa shape index (κ2) is 12.3. The van der Waals surface area contributed by atoms with Gasteiger partial charge in [-0.2, -0.15) is 0 Å². The molecule has 156 valence electrons. The second-order valence-corrected chi connectivity index (χ2v) is 7.38. The van der Waals surface area contributed by atoms with Crippen LogP contribution in [0.4, 0.5) is 0 Å². The van der Waals surface area contributed by atoms with Crippen LogP contribution in [0.2, 0.25) is 0 Å². The highest BCUT2D eigenvalue weighted by molar-refractivity contribution is 5.80. The molecule has 0 aliphatic heterocycles. The first-order valence-electron chi connectivity index (χ1n) is 10.6. The fourth-order valence-corrected chi connectivity index (χ4v) is 3.61. The number of aryl methyl sites for hydroxylation is 1. The summed E-state index contributed by atoms with van der Waals surface area (Å²) in [5.74, 6) is 2.10. The first-order valence-corrected chi connectivity index (χ1v) is 10.6. The van der Waals surface area contributed by atoms with Gasteiger partial charge in [-0.1, -0.05) is 37.0 Å². The number of carbonyl (C=O) groups is 1. The predicted molar refractivity (Wildman–Crippen MR) is 115 cm³/mol. The van der Waals surface area contributed by atoms with Gasteiger partial charge >= 0.3 is 0 Å². The van der Waals surface area contributed by atoms with Crippen molar-refractivity contribution in [1.29, 1.82) is 0 Å². The first kappa shape index (κ1) is 22.1. The molecule has 0 saturated heterocycles. The van der Waals surface area contributed by atoms with Gasteiger partial charge in [0.05, 0.1) is 7.11 Å². The highest BCUT2D eigenvalue weighted by Gasteiger charge is 2.20. The maximum absolute atomic E-state index is 12.2. The summed E-state index contributed by atoms with van der Waals surface area (Å²) >= 11 is 0. The fourth-order valence-electron chi connectivity index (χ4n) is 3.61. The van der Waals surface area contributed by atoms with Crippen LogP contribution in [0, 0.1) is 12.8 Å². The van der Waals surface area contributed by atoms with Crippen molar-refractivity contribution in [1.82, 2.24) is 16.0 Å². The number of amides is 1. The molecule has 2 rings (SSSR count). The van der Waals surface area contributed by atoms with Crippen LogP contribution in [0.3, 0.4) is 0 Å². The van der Waals surface area contributed by atoms with Gasteiger partial charge in [-0.3, -0.25) is 9.79 Å². The lowest BCUT2D eigenvalue weighted by Gasteiger charge is -2.21. The lowest BCUT2D eigenvalue weighted by atomic mass is 9.89. The average molecular weight is 389 g/mol. The first-order chi connectivity index (χ1) is 13.6. The molecule has 1 aliphatic carbocycles. The molecule has 1 amide bonds. The Bertz CT molecular complexity index is 639. The van der Waals surface area contributed by atoms with Gasteiger partial charge in [0.25, 0.3) is 0 Å². The van der Waals surface area contributed by atoms with E-state index in [0.717, 1.165) is 37.5 Å². The lowest BCUT2D eigenvalue weighted by Crippen LogP contribution is -2.42. The maximum Gasteiger partial charge on any atom is 0.223 e. The van der Waals surface area contributed by atoms with Gasteiger partial charge < -0.3 is 20.7 Å². The molecule has 3 N–H and O–H groups in total. The number of hydrogen-bond acceptors (Lipinski definition) is 3. The number of aliphatic imine (C=N–C) groups is 1. The molecule has 6 heteroatoms. The quantitative estimate of drug-likeness (QED) is 0.345. The van der Waals surface area contributed by atoms with Crippen molar-refractivity contribution in [3.63, 3.8) is 0 Å². The van der Waals surface area contributed by atoms with E-state index in [1.54, 1.807) is 7.11 Å². The lowest BCUT2D eigenvalue weighted by molar-refractivity contribution is -0.125. The van der Waals surface area contributed by atoms with Crippen LogP contribution in [0.15, 0.2) is 23.2 Å². The van der Waals surface area contributed by atoms with Crippen LogP contribution < -0.4 is 20.7 Å². The predicted octanol–water partition coefficient (Wildman–Crippen LogP) is 2.80. The van der Waals surface area contributed by atoms with Gasteiger partial charge in [-0.05, 0) is 44.7 Å². The molecule has 0 radical (unpaired) electrons. The highest BCUT2D eigenvalue weighted by atomic mass is 16.5. The van der Waals surface area contributed by atoms with E-state index >= 15 is 0 Å². The number of nitrogens with zero attached hydrogens (tertiary/aromatic N) is 1. The van der Waals surface area contributed by atoms with Crippen LogP contribution in [-0.2, 0) is 11.2 Å². The summed E-state index contributed by atoms with van der Waals surface area (Å²) in [4.78, 5) is 16.8. The Morgan fingerprint density at radius 2 is 1.89 bits per heavy atom. The minimum atomic E-state index is 0.204. The average Bonchev–Trinajstić information content (AvgIpc) is 2.71. The molecule has 1 aromatic rings. The second-order valence-electron chi connectivity index (χ2n) is 7.38. The summed E-state index contributed by atoms with van der Waals surface area (Å²) in [6.45, 7) is 6.88. The number of benzene rings is 1. The minimum absolute atomic E-state index is 0.204. The zero-order chi connectivity index (χ0) is 20.2. The van der Waals surface area contributed by atoms with E-state index in [4.69, 9.17) is 4.74 Å². The van der Waals surface area contributed by atoms with E-state index in [1.165, 1.54) is 30.4 Å². The van der Waals surface area contributed by atoms with E-state index in [0.29, 0.717) is 19.6 Å². The molecule has 6 nitrogen and oxygen atoms in total. The molecule has 0 spiro atoms. The van der Waals surface area contributed by atoms with E-state index < -0.39 is 0 Å². The number of hydrogen-bond donors (Lipinski definition) is 3. The number of rotatable bonds is 9. The van der Waals surface area contributed by atoms with E-state index in [9.17, 15) is 4.79 Å². The van der Waals surface area contributed by atoms with Crippen molar-refractivity contribution in [2.75, 3.05) is 33.3 Å². The third-order valence-corrected chi connectivity index (χ3v) is 5.12. The maximum atomic E-state index is 12.2. The molecule has 1 aliphatic rings. The van der Waals surface area contributed by atoms with Gasteiger partial charge in [0.2, 0.25) is 5.91 Å². The molecule has 0 aromatic heterocycles. The van der Waals surface area contributed by atoms with Crippen molar-refractivity contribution in [3.05, 3.63) is 29.3 Å². The number of nitrogens with one attached hydrogen (secondary N) is 3. The van der Waals surface area contributed by atoms with Crippen molar-refractivity contribution in [2.45, 2.75) is 52.4 Å². The molecule has 0 atom stereocenters. The number of carbonyl (C=O) groups excluding carboxylic acids is 1. The molecular formula is C22H36N4O2. The third-order valence-electron chi connectivity index (χ3n) is 5.12. The molecule has 1 fully saturated rings. The smallest absolute Gasteiger partial charge is 0.223 e. The Morgan fingerprint density at radius 1 is 1.14 bits per heavy atom. The Morgan fingerprint density at radius 3 is 2.61 bits per heavy atom. The van der Waals surface area contributed by atoms with Crippen LogP contribution in [0.25, 0.3) is 0 Å². The van der Waals surface area contributed by atoms with E-state index in [1.807, 2.05) is 13.0 Å². The van der Waals surface area contributed by atoms with Crippen LogP contribution in [0.5, 0.6) is 5.75 Å². The monoisotopic (exact) mass is 388 g/mol. The Kier molecular flexibility index (Phi) is 9.66. The molecule has 1 aromatic carbocycles. The highest BCUT2D eigenvalue weighted by Crippen LogP contribution is 2.23. The van der Waals surface area contributed by atoms with Gasteiger partial charge in [0.1, 0.15) is 5.75 Å². The van der Waals surface area contributed by atoms with Crippen molar-refractivity contribution >= 4 is 11.9 Å². The van der Waals surface area contributed by atoms with Gasteiger partial charge in [0.15, 0.2) is 5.96 Å². The topological polar surface area (TPSA) is 74.8 Å². The zero-order valence-corrected chi connectivity index (χ0v) is 17.6. The molecule has 0 bridgehead atoms. The van der Waals surface area contributed by atoms with E-state index in [2.05, 4.69) is 40.0 Å². The summed E-state index contributed by atoms with van der Waals surface area (Å²) < 4.78 is 5.44. The Balaban J connectivity index is 1.75. The largest absolute Gasteiger partial charge is 0.496 e. The molecule has 28 heavy (non-hydrogen) atoms. The summed E-state index contributed by atoms with van der Waals surface area (Å²) in [5.41, 5.74) is 2.39.